The third kappa shape index (κ3) is 3.46. The molecule has 1 atom stereocenters. The Morgan fingerprint density at radius 2 is 1.89 bits per heavy atom. The molecule has 28 heavy (non-hydrogen) atoms. The van der Waals surface area contributed by atoms with Crippen LogP contribution in [0.5, 0.6) is 11.5 Å². The van der Waals surface area contributed by atoms with Gasteiger partial charge in [0, 0.05) is 13.0 Å². The van der Waals surface area contributed by atoms with E-state index in [0.717, 1.165) is 4.31 Å². The number of carbonyl (C=O) groups is 2. The van der Waals surface area contributed by atoms with E-state index in [4.69, 9.17) is 15.2 Å². The van der Waals surface area contributed by atoms with E-state index in [1.807, 2.05) is 0 Å². The lowest BCUT2D eigenvalue weighted by Gasteiger charge is -2.25. The molecule has 10 heteroatoms. The summed E-state index contributed by atoms with van der Waals surface area (Å²) in [5.41, 5.74) is 4.92. The fourth-order valence-electron chi connectivity index (χ4n) is 2.92. The molecule has 3 rings (SSSR count). The molecule has 0 saturated carbocycles. The molecular weight excluding hydrogens is 388 g/mol. The number of methoxy groups -OCH3 is 1. The number of sulfonamides is 1. The molecule has 0 spiro atoms. The zero-order chi connectivity index (χ0) is 20.5. The van der Waals surface area contributed by atoms with Gasteiger partial charge in [-0.1, -0.05) is 6.07 Å². The molecule has 2 aromatic carbocycles. The van der Waals surface area contributed by atoms with Gasteiger partial charge in [-0.15, -0.1) is 0 Å². The van der Waals surface area contributed by atoms with Gasteiger partial charge in [-0.3, -0.25) is 9.10 Å². The lowest BCUT2D eigenvalue weighted by atomic mass is 10.1. The molecule has 3 N–H and O–H groups in total. The minimum absolute atomic E-state index is 0.0293. The second kappa shape index (κ2) is 7.39. The molecule has 0 bridgehead atoms. The molecule has 2 aromatic rings. The predicted octanol–water partition coefficient (Wildman–Crippen LogP) is 1.23. The Bertz CT molecular complexity index is 1020. The third-order valence-electron chi connectivity index (χ3n) is 4.31. The van der Waals surface area contributed by atoms with Crippen molar-refractivity contribution in [2.75, 3.05) is 18.0 Å². The monoisotopic (exact) mass is 406 g/mol. The van der Waals surface area contributed by atoms with Crippen LogP contribution in [0.2, 0.25) is 0 Å². The van der Waals surface area contributed by atoms with Gasteiger partial charge in [-0.05, 0) is 36.4 Å². The molecular formula is C18H18N2O7S. The summed E-state index contributed by atoms with van der Waals surface area (Å²) in [5, 5.41) is 9.54. The van der Waals surface area contributed by atoms with Crippen LogP contribution in [0, 0.1) is 0 Å². The highest BCUT2D eigenvalue weighted by Crippen LogP contribution is 2.39. The van der Waals surface area contributed by atoms with Crippen molar-refractivity contribution < 1.29 is 32.6 Å². The Morgan fingerprint density at radius 1 is 1.21 bits per heavy atom. The van der Waals surface area contributed by atoms with Crippen molar-refractivity contribution in [3.8, 4) is 11.5 Å². The number of benzene rings is 2. The molecule has 0 fully saturated rings. The number of hydrogen-bond donors (Lipinski definition) is 2. The number of primary amides is 1. The first-order chi connectivity index (χ1) is 13.3. The van der Waals surface area contributed by atoms with Gasteiger partial charge in [-0.25, -0.2) is 13.2 Å². The SMILES string of the molecule is COc1ccc(S(=O)(=O)N2CCC(C(N)=O)Oc3cccc(C(=O)O)c32)cc1. The number of ether oxygens (including phenoxy) is 2. The van der Waals surface area contributed by atoms with E-state index in [9.17, 15) is 23.1 Å². The normalized spacial score (nSPS) is 16.5. The molecule has 0 saturated heterocycles. The van der Waals surface area contributed by atoms with E-state index in [1.54, 1.807) is 0 Å². The van der Waals surface area contributed by atoms with Crippen molar-refractivity contribution in [2.24, 2.45) is 5.73 Å². The molecule has 1 unspecified atom stereocenters. The highest BCUT2D eigenvalue weighted by atomic mass is 32.2. The average molecular weight is 406 g/mol. The minimum Gasteiger partial charge on any atom is -0.497 e. The molecule has 1 aliphatic heterocycles. The molecule has 148 valence electrons. The first kappa shape index (κ1) is 19.5. The maximum atomic E-state index is 13.3. The molecule has 0 aromatic heterocycles. The first-order valence-electron chi connectivity index (χ1n) is 8.24. The van der Waals surface area contributed by atoms with Crippen LogP contribution in [-0.2, 0) is 14.8 Å². The highest BCUT2D eigenvalue weighted by molar-refractivity contribution is 7.92. The number of fused-ring (bicyclic) bond motifs is 1. The fourth-order valence-corrected chi connectivity index (χ4v) is 4.43. The molecule has 1 aliphatic rings. The number of nitrogens with zero attached hydrogens (tertiary/aromatic N) is 1. The minimum atomic E-state index is -4.15. The Hall–Kier alpha value is -3.27. The van der Waals surface area contributed by atoms with Crippen molar-refractivity contribution in [1.82, 2.24) is 0 Å². The highest BCUT2D eigenvalue weighted by Gasteiger charge is 2.36. The van der Waals surface area contributed by atoms with E-state index in [0.29, 0.717) is 5.75 Å². The molecule has 0 radical (unpaired) electrons. The molecule has 0 aliphatic carbocycles. The van der Waals surface area contributed by atoms with Crippen LogP contribution in [0.1, 0.15) is 16.8 Å². The quantitative estimate of drug-likeness (QED) is 0.762. The number of hydrogen-bond acceptors (Lipinski definition) is 6. The summed E-state index contributed by atoms with van der Waals surface area (Å²) in [6.07, 6.45) is -1.11. The second-order valence-electron chi connectivity index (χ2n) is 6.01. The number of aromatic carboxylic acids is 1. The number of para-hydroxylation sites is 1. The fraction of sp³-hybridized carbons (Fsp3) is 0.222. The van der Waals surface area contributed by atoms with E-state index in [-0.39, 0.29) is 34.9 Å². The lowest BCUT2D eigenvalue weighted by Crippen LogP contribution is -2.37. The zero-order valence-corrected chi connectivity index (χ0v) is 15.7. The third-order valence-corrected chi connectivity index (χ3v) is 6.12. The predicted molar refractivity (Wildman–Crippen MR) is 99.2 cm³/mol. The summed E-state index contributed by atoms with van der Waals surface area (Å²) in [6, 6.07) is 9.76. The van der Waals surface area contributed by atoms with Gasteiger partial charge >= 0.3 is 5.97 Å². The van der Waals surface area contributed by atoms with Crippen LogP contribution < -0.4 is 19.5 Å². The van der Waals surface area contributed by atoms with E-state index in [1.165, 1.54) is 49.6 Å². The summed E-state index contributed by atoms with van der Waals surface area (Å²) in [4.78, 5) is 23.3. The number of carboxylic acid groups (broad SMARTS) is 1. The van der Waals surface area contributed by atoms with Gasteiger partial charge in [0.2, 0.25) is 0 Å². The van der Waals surface area contributed by atoms with Crippen molar-refractivity contribution in [3.63, 3.8) is 0 Å². The van der Waals surface area contributed by atoms with Crippen LogP contribution in [-0.4, -0.2) is 45.2 Å². The van der Waals surface area contributed by atoms with Crippen molar-refractivity contribution >= 4 is 27.6 Å². The van der Waals surface area contributed by atoms with Crippen molar-refractivity contribution in [3.05, 3.63) is 48.0 Å². The molecule has 1 amide bonds. The van der Waals surface area contributed by atoms with Crippen LogP contribution >= 0.6 is 0 Å². The Balaban J connectivity index is 2.17. The van der Waals surface area contributed by atoms with E-state index in [2.05, 4.69) is 0 Å². The summed E-state index contributed by atoms with van der Waals surface area (Å²) >= 11 is 0. The van der Waals surface area contributed by atoms with E-state index >= 15 is 0 Å². The van der Waals surface area contributed by atoms with Crippen LogP contribution in [0.25, 0.3) is 0 Å². The first-order valence-corrected chi connectivity index (χ1v) is 9.68. The Kier molecular flexibility index (Phi) is 5.14. The molecule has 9 nitrogen and oxygen atoms in total. The van der Waals surface area contributed by atoms with Gasteiger partial charge in [0.25, 0.3) is 15.9 Å². The summed E-state index contributed by atoms with van der Waals surface area (Å²) < 4.78 is 38.1. The summed E-state index contributed by atoms with van der Waals surface area (Å²) in [6.45, 7) is -0.181. The smallest absolute Gasteiger partial charge is 0.337 e. The van der Waals surface area contributed by atoms with Gasteiger partial charge < -0.3 is 20.3 Å². The summed E-state index contributed by atoms with van der Waals surface area (Å²) in [7, 11) is -2.69. The maximum absolute atomic E-state index is 13.3. The average Bonchev–Trinajstić information content (AvgIpc) is 2.88. The van der Waals surface area contributed by atoms with Gasteiger partial charge in [0.15, 0.2) is 6.10 Å². The number of carboxylic acids is 1. The van der Waals surface area contributed by atoms with Gasteiger partial charge in [0.1, 0.15) is 17.2 Å². The number of rotatable bonds is 5. The van der Waals surface area contributed by atoms with Crippen molar-refractivity contribution in [1.29, 1.82) is 0 Å². The largest absolute Gasteiger partial charge is 0.497 e. The van der Waals surface area contributed by atoms with Crippen molar-refractivity contribution in [2.45, 2.75) is 17.4 Å². The Morgan fingerprint density at radius 3 is 2.46 bits per heavy atom. The zero-order valence-electron chi connectivity index (χ0n) is 14.9. The second-order valence-corrected chi connectivity index (χ2v) is 7.87. The number of anilines is 1. The molecule has 1 heterocycles. The maximum Gasteiger partial charge on any atom is 0.337 e. The van der Waals surface area contributed by atoms with Crippen LogP contribution in [0.15, 0.2) is 47.4 Å². The summed E-state index contributed by atoms with van der Waals surface area (Å²) in [5.74, 6) is -1.67. The lowest BCUT2D eigenvalue weighted by molar-refractivity contribution is -0.124. The number of amides is 1. The van der Waals surface area contributed by atoms with Gasteiger partial charge in [-0.2, -0.15) is 0 Å². The number of nitrogens with two attached hydrogens (primary N) is 1. The topological polar surface area (TPSA) is 136 Å². The van der Waals surface area contributed by atoms with Crippen LogP contribution in [0.4, 0.5) is 5.69 Å². The number of carbonyl (C=O) groups excluding carboxylic acids is 1. The van der Waals surface area contributed by atoms with Gasteiger partial charge in [0.05, 0.1) is 17.6 Å². The Labute approximate surface area is 161 Å². The van der Waals surface area contributed by atoms with E-state index < -0.39 is 28.0 Å². The standard InChI is InChI=1S/C18H18N2O7S/c1-26-11-5-7-12(8-6-11)28(24,25)20-10-9-15(17(19)21)27-14-4-2-3-13(16(14)20)18(22)23/h2-8,15H,9-10H2,1H3,(H2,19,21)(H,22,23). The van der Waals surface area contributed by atoms with Crippen LogP contribution in [0.3, 0.4) is 0 Å².